The van der Waals surface area contributed by atoms with Crippen LogP contribution < -0.4 is 20.3 Å². The highest BCUT2D eigenvalue weighted by atomic mass is 16.5. The second-order valence-electron chi connectivity index (χ2n) is 7.75. The molecule has 4 rings (SSSR count). The number of ether oxygens (including phenoxy) is 1. The maximum absolute atomic E-state index is 12.7. The van der Waals surface area contributed by atoms with Gasteiger partial charge in [0.25, 0.3) is 0 Å². The molecule has 31 heavy (non-hydrogen) atoms. The van der Waals surface area contributed by atoms with Gasteiger partial charge in [-0.15, -0.1) is 0 Å². The van der Waals surface area contributed by atoms with Gasteiger partial charge < -0.3 is 19.9 Å². The molecule has 0 spiro atoms. The summed E-state index contributed by atoms with van der Waals surface area (Å²) in [7, 11) is 1.59. The van der Waals surface area contributed by atoms with Gasteiger partial charge in [-0.05, 0) is 48.9 Å². The van der Waals surface area contributed by atoms with E-state index in [4.69, 9.17) is 4.74 Å². The SMILES string of the molecule is COc1ccc(NC(=O)[C@@H]2CC(=O)NC(N3CCN(c4cccc(C)c4)CC3)=N2)cc1. The van der Waals surface area contributed by atoms with E-state index in [0.717, 1.165) is 26.2 Å². The number of carbonyl (C=O) groups excluding carboxylic acids is 2. The van der Waals surface area contributed by atoms with Crippen LogP contribution >= 0.6 is 0 Å². The first kappa shape index (κ1) is 20.7. The molecule has 8 heteroatoms. The van der Waals surface area contributed by atoms with Gasteiger partial charge in [0.05, 0.1) is 13.5 Å². The molecular weight excluding hydrogens is 394 g/mol. The first-order valence-corrected chi connectivity index (χ1v) is 10.4. The molecular formula is C23H27N5O3. The number of anilines is 2. The highest BCUT2D eigenvalue weighted by Gasteiger charge is 2.30. The molecule has 2 aromatic carbocycles. The summed E-state index contributed by atoms with van der Waals surface area (Å²) >= 11 is 0. The van der Waals surface area contributed by atoms with E-state index in [1.54, 1.807) is 31.4 Å². The lowest BCUT2D eigenvalue weighted by Crippen LogP contribution is -2.56. The second-order valence-corrected chi connectivity index (χ2v) is 7.75. The fourth-order valence-corrected chi connectivity index (χ4v) is 3.79. The Morgan fingerprint density at radius 3 is 2.48 bits per heavy atom. The molecule has 2 aromatic rings. The lowest BCUT2D eigenvalue weighted by Gasteiger charge is -2.38. The molecule has 0 unspecified atom stereocenters. The number of hydrogen-bond donors (Lipinski definition) is 2. The van der Waals surface area contributed by atoms with Crippen molar-refractivity contribution in [3.05, 3.63) is 54.1 Å². The van der Waals surface area contributed by atoms with E-state index in [0.29, 0.717) is 17.4 Å². The minimum atomic E-state index is -0.749. The quantitative estimate of drug-likeness (QED) is 0.789. The topological polar surface area (TPSA) is 86.3 Å². The predicted molar refractivity (Wildman–Crippen MR) is 121 cm³/mol. The fraction of sp³-hybridized carbons (Fsp3) is 0.348. The Hall–Kier alpha value is -3.55. The highest BCUT2D eigenvalue weighted by Crippen LogP contribution is 2.19. The van der Waals surface area contributed by atoms with E-state index in [9.17, 15) is 9.59 Å². The van der Waals surface area contributed by atoms with Crippen molar-refractivity contribution >= 4 is 29.1 Å². The van der Waals surface area contributed by atoms with Gasteiger partial charge >= 0.3 is 0 Å². The van der Waals surface area contributed by atoms with Crippen molar-refractivity contribution in [3.8, 4) is 5.75 Å². The molecule has 2 heterocycles. The summed E-state index contributed by atoms with van der Waals surface area (Å²) in [5, 5.41) is 5.67. The summed E-state index contributed by atoms with van der Waals surface area (Å²) in [6.45, 7) is 5.17. The van der Waals surface area contributed by atoms with Crippen molar-refractivity contribution in [1.29, 1.82) is 0 Å². The molecule has 2 aliphatic heterocycles. The molecule has 0 aliphatic carbocycles. The predicted octanol–water partition coefficient (Wildman–Crippen LogP) is 2.01. The van der Waals surface area contributed by atoms with Crippen LogP contribution in [0, 0.1) is 6.92 Å². The second kappa shape index (κ2) is 9.07. The highest BCUT2D eigenvalue weighted by molar-refractivity contribution is 6.06. The average Bonchev–Trinajstić information content (AvgIpc) is 2.79. The molecule has 0 bridgehead atoms. The zero-order chi connectivity index (χ0) is 21.8. The molecule has 162 valence electrons. The summed E-state index contributed by atoms with van der Waals surface area (Å²) in [5.41, 5.74) is 3.07. The van der Waals surface area contributed by atoms with Crippen LogP contribution in [-0.2, 0) is 9.59 Å². The molecule has 1 fully saturated rings. The van der Waals surface area contributed by atoms with Gasteiger partial charge in [0, 0.05) is 37.6 Å². The number of rotatable bonds is 4. The lowest BCUT2D eigenvalue weighted by atomic mass is 10.1. The number of hydrogen-bond acceptors (Lipinski definition) is 6. The third kappa shape index (κ3) is 4.96. The number of piperazine rings is 1. The minimum absolute atomic E-state index is 0.0365. The summed E-state index contributed by atoms with van der Waals surface area (Å²) in [5.74, 6) is 0.701. The Balaban J connectivity index is 1.40. The lowest BCUT2D eigenvalue weighted by molar-refractivity contribution is -0.125. The zero-order valence-electron chi connectivity index (χ0n) is 17.8. The van der Waals surface area contributed by atoms with Gasteiger partial charge in [-0.1, -0.05) is 12.1 Å². The van der Waals surface area contributed by atoms with Crippen molar-refractivity contribution in [1.82, 2.24) is 10.2 Å². The zero-order valence-corrected chi connectivity index (χ0v) is 17.8. The summed E-state index contributed by atoms with van der Waals surface area (Å²) in [6.07, 6.45) is 0.0365. The number of guanidine groups is 1. The van der Waals surface area contributed by atoms with Crippen molar-refractivity contribution in [2.75, 3.05) is 43.5 Å². The van der Waals surface area contributed by atoms with E-state index < -0.39 is 6.04 Å². The van der Waals surface area contributed by atoms with E-state index in [-0.39, 0.29) is 18.2 Å². The number of nitrogens with zero attached hydrogens (tertiary/aromatic N) is 3. The Morgan fingerprint density at radius 2 is 1.81 bits per heavy atom. The van der Waals surface area contributed by atoms with Crippen LogP contribution in [0.15, 0.2) is 53.5 Å². The van der Waals surface area contributed by atoms with Crippen molar-refractivity contribution < 1.29 is 14.3 Å². The van der Waals surface area contributed by atoms with Gasteiger partial charge in [0.2, 0.25) is 17.8 Å². The molecule has 1 atom stereocenters. The molecule has 0 saturated carbocycles. The first-order valence-electron chi connectivity index (χ1n) is 10.4. The van der Waals surface area contributed by atoms with Crippen LogP contribution in [0.3, 0.4) is 0 Å². The van der Waals surface area contributed by atoms with E-state index >= 15 is 0 Å². The number of carbonyl (C=O) groups is 2. The molecule has 2 aliphatic rings. The summed E-state index contributed by atoms with van der Waals surface area (Å²) < 4.78 is 5.13. The van der Waals surface area contributed by atoms with Crippen molar-refractivity contribution in [3.63, 3.8) is 0 Å². The number of aryl methyl sites for hydroxylation is 1. The van der Waals surface area contributed by atoms with Crippen LogP contribution in [-0.4, -0.2) is 62.0 Å². The standard InChI is InChI=1S/C23H27N5O3/c1-16-4-3-5-18(14-16)27-10-12-28(13-11-27)23-25-20(15-21(29)26-23)22(30)24-17-6-8-19(31-2)9-7-17/h3-9,14,20H,10-13,15H2,1-2H3,(H,24,30)(H,25,26,29)/t20-/m0/s1. The Labute approximate surface area is 181 Å². The Kier molecular flexibility index (Phi) is 6.06. The molecule has 1 saturated heterocycles. The Morgan fingerprint density at radius 1 is 1.10 bits per heavy atom. The van der Waals surface area contributed by atoms with Gasteiger partial charge in [-0.3, -0.25) is 14.9 Å². The van der Waals surface area contributed by atoms with Crippen molar-refractivity contribution in [2.45, 2.75) is 19.4 Å². The smallest absolute Gasteiger partial charge is 0.249 e. The number of amides is 2. The third-order valence-electron chi connectivity index (χ3n) is 5.51. The summed E-state index contributed by atoms with van der Waals surface area (Å²) in [4.78, 5) is 33.9. The number of nitrogens with one attached hydrogen (secondary N) is 2. The number of aliphatic imine (C=N–C) groups is 1. The maximum atomic E-state index is 12.7. The van der Waals surface area contributed by atoms with Crippen LogP contribution in [0.2, 0.25) is 0 Å². The Bertz CT molecular complexity index is 981. The number of benzene rings is 2. The van der Waals surface area contributed by atoms with Crippen LogP contribution in [0.5, 0.6) is 5.75 Å². The molecule has 2 N–H and O–H groups in total. The largest absolute Gasteiger partial charge is 0.497 e. The van der Waals surface area contributed by atoms with Crippen LogP contribution in [0.25, 0.3) is 0 Å². The van der Waals surface area contributed by atoms with Crippen LogP contribution in [0.1, 0.15) is 12.0 Å². The molecule has 2 amide bonds. The average molecular weight is 422 g/mol. The number of methoxy groups -OCH3 is 1. The maximum Gasteiger partial charge on any atom is 0.249 e. The van der Waals surface area contributed by atoms with Gasteiger partial charge in [-0.25, -0.2) is 4.99 Å². The summed E-state index contributed by atoms with van der Waals surface area (Å²) in [6, 6.07) is 14.7. The fourth-order valence-electron chi connectivity index (χ4n) is 3.79. The minimum Gasteiger partial charge on any atom is -0.497 e. The monoisotopic (exact) mass is 421 g/mol. The van der Waals surface area contributed by atoms with Crippen LogP contribution in [0.4, 0.5) is 11.4 Å². The van der Waals surface area contributed by atoms with E-state index in [2.05, 4.69) is 51.7 Å². The molecule has 0 radical (unpaired) electrons. The van der Waals surface area contributed by atoms with Gasteiger partial charge in [0.15, 0.2) is 0 Å². The van der Waals surface area contributed by atoms with Gasteiger partial charge in [-0.2, -0.15) is 0 Å². The molecule has 0 aromatic heterocycles. The molecule has 8 nitrogen and oxygen atoms in total. The first-order chi connectivity index (χ1) is 15.0. The van der Waals surface area contributed by atoms with E-state index in [1.807, 2.05) is 4.90 Å². The third-order valence-corrected chi connectivity index (χ3v) is 5.51. The van der Waals surface area contributed by atoms with E-state index in [1.165, 1.54) is 11.3 Å². The normalized spacial score (nSPS) is 18.8. The van der Waals surface area contributed by atoms with Gasteiger partial charge in [0.1, 0.15) is 11.8 Å². The van der Waals surface area contributed by atoms with Crippen molar-refractivity contribution in [2.24, 2.45) is 4.99 Å².